The molecule has 1 N–H and O–H groups in total. The van der Waals surface area contributed by atoms with E-state index in [4.69, 9.17) is 9.47 Å². The molecular weight excluding hydrogens is 250 g/mol. The minimum Gasteiger partial charge on any atom is -0.493 e. The number of hydrogen-bond donors (Lipinski definition) is 1. The predicted octanol–water partition coefficient (Wildman–Crippen LogP) is 0.801. The minimum atomic E-state index is -0.918. The monoisotopic (exact) mass is 267 g/mol. The van der Waals surface area contributed by atoms with Crippen LogP contribution in [0, 0.1) is 6.92 Å². The third-order valence-corrected chi connectivity index (χ3v) is 2.65. The van der Waals surface area contributed by atoms with Gasteiger partial charge in [-0.2, -0.15) is 0 Å². The molecule has 19 heavy (non-hydrogen) atoms. The van der Waals surface area contributed by atoms with Crippen LogP contribution < -0.4 is 14.8 Å². The first kappa shape index (κ1) is 14.8. The van der Waals surface area contributed by atoms with Crippen molar-refractivity contribution in [3.63, 3.8) is 0 Å². The highest BCUT2D eigenvalue weighted by Gasteiger charge is 2.14. The van der Waals surface area contributed by atoms with Gasteiger partial charge in [-0.25, -0.2) is 4.79 Å². The summed E-state index contributed by atoms with van der Waals surface area (Å²) in [5.74, 6) is -0.520. The Morgan fingerprint density at radius 1 is 1.11 bits per heavy atom. The van der Waals surface area contributed by atoms with Gasteiger partial charge in [0.2, 0.25) is 0 Å². The van der Waals surface area contributed by atoms with E-state index in [0.717, 1.165) is 18.2 Å². The van der Waals surface area contributed by atoms with E-state index in [0.29, 0.717) is 11.5 Å². The van der Waals surface area contributed by atoms with Crippen molar-refractivity contribution in [2.24, 2.45) is 0 Å². The molecule has 1 aromatic carbocycles. The summed E-state index contributed by atoms with van der Waals surface area (Å²) in [6.45, 7) is 2.09. The molecule has 0 saturated carbocycles. The van der Waals surface area contributed by atoms with E-state index in [1.807, 2.05) is 6.92 Å². The van der Waals surface area contributed by atoms with Crippen LogP contribution in [0.5, 0.6) is 11.5 Å². The van der Waals surface area contributed by atoms with Gasteiger partial charge in [0.25, 0.3) is 0 Å². The number of amides is 1. The van der Waals surface area contributed by atoms with Gasteiger partial charge in [0.05, 0.1) is 21.3 Å². The molecule has 0 aliphatic heterocycles. The molecule has 0 heterocycles. The lowest BCUT2D eigenvalue weighted by molar-refractivity contribution is -0.152. The first-order valence-electron chi connectivity index (χ1n) is 5.61. The van der Waals surface area contributed by atoms with Gasteiger partial charge in [0.1, 0.15) is 0 Å². The Morgan fingerprint density at radius 3 is 2.21 bits per heavy atom. The van der Waals surface area contributed by atoms with Gasteiger partial charge in [-0.15, -0.1) is 0 Å². The lowest BCUT2D eigenvalue weighted by Gasteiger charge is -2.13. The minimum absolute atomic E-state index is 0.208. The maximum atomic E-state index is 11.3. The van der Waals surface area contributed by atoms with Crippen molar-refractivity contribution in [2.45, 2.75) is 13.5 Å². The second kappa shape index (κ2) is 6.63. The molecule has 0 aromatic heterocycles. The number of methoxy groups -OCH3 is 3. The lowest BCUT2D eigenvalue weighted by atomic mass is 10.1. The summed E-state index contributed by atoms with van der Waals surface area (Å²) >= 11 is 0. The first-order valence-corrected chi connectivity index (χ1v) is 5.61. The summed E-state index contributed by atoms with van der Waals surface area (Å²) in [6.07, 6.45) is 0. The second-order valence-electron chi connectivity index (χ2n) is 3.81. The standard InChI is InChI=1S/C13H17NO5/c1-8-5-10(17-2)11(18-3)6-9(8)7-14-12(15)13(16)19-4/h5-6H,7H2,1-4H3,(H,14,15). The Balaban J connectivity index is 2.84. The van der Waals surface area contributed by atoms with Crippen molar-refractivity contribution in [3.8, 4) is 11.5 Å². The third-order valence-electron chi connectivity index (χ3n) is 2.65. The number of rotatable bonds is 4. The largest absolute Gasteiger partial charge is 0.493 e. The molecular formula is C13H17NO5. The van der Waals surface area contributed by atoms with Crippen molar-refractivity contribution in [2.75, 3.05) is 21.3 Å². The van der Waals surface area contributed by atoms with Crippen molar-refractivity contribution < 1.29 is 23.8 Å². The van der Waals surface area contributed by atoms with Gasteiger partial charge in [0.15, 0.2) is 11.5 Å². The zero-order chi connectivity index (χ0) is 14.4. The molecule has 1 amide bonds. The Hall–Kier alpha value is -2.24. The van der Waals surface area contributed by atoms with E-state index >= 15 is 0 Å². The number of nitrogens with one attached hydrogen (secondary N) is 1. The van der Waals surface area contributed by atoms with Crippen LogP contribution in [0.3, 0.4) is 0 Å². The van der Waals surface area contributed by atoms with E-state index in [1.54, 1.807) is 19.2 Å². The van der Waals surface area contributed by atoms with E-state index in [1.165, 1.54) is 7.11 Å². The van der Waals surface area contributed by atoms with Crippen LogP contribution in [0.1, 0.15) is 11.1 Å². The molecule has 0 unspecified atom stereocenters. The number of benzene rings is 1. The van der Waals surface area contributed by atoms with Crippen LogP contribution in [-0.2, 0) is 20.9 Å². The summed E-state index contributed by atoms with van der Waals surface area (Å²) in [5.41, 5.74) is 1.75. The normalized spacial score (nSPS) is 9.68. The topological polar surface area (TPSA) is 73.9 Å². The van der Waals surface area contributed by atoms with Crippen molar-refractivity contribution in [3.05, 3.63) is 23.3 Å². The summed E-state index contributed by atoms with van der Waals surface area (Å²) in [7, 11) is 4.24. The molecule has 6 heteroatoms. The second-order valence-corrected chi connectivity index (χ2v) is 3.81. The average molecular weight is 267 g/mol. The highest BCUT2D eigenvalue weighted by molar-refractivity contribution is 6.32. The maximum Gasteiger partial charge on any atom is 0.396 e. The number of esters is 1. The van der Waals surface area contributed by atoms with E-state index in [9.17, 15) is 9.59 Å². The molecule has 0 atom stereocenters. The van der Waals surface area contributed by atoms with Crippen LogP contribution in [0.2, 0.25) is 0 Å². The van der Waals surface area contributed by atoms with Crippen molar-refractivity contribution in [1.82, 2.24) is 5.32 Å². The number of carbonyl (C=O) groups excluding carboxylic acids is 2. The van der Waals surface area contributed by atoms with Gasteiger partial charge < -0.3 is 19.5 Å². The molecule has 1 aromatic rings. The highest BCUT2D eigenvalue weighted by Crippen LogP contribution is 2.30. The zero-order valence-corrected chi connectivity index (χ0v) is 11.4. The van der Waals surface area contributed by atoms with Crippen molar-refractivity contribution >= 4 is 11.9 Å². The number of hydrogen-bond acceptors (Lipinski definition) is 5. The first-order chi connectivity index (χ1) is 9.03. The van der Waals surface area contributed by atoms with Crippen LogP contribution in [-0.4, -0.2) is 33.2 Å². The molecule has 104 valence electrons. The van der Waals surface area contributed by atoms with Gasteiger partial charge >= 0.3 is 11.9 Å². The fraction of sp³-hybridized carbons (Fsp3) is 0.385. The van der Waals surface area contributed by atoms with Crippen LogP contribution in [0.25, 0.3) is 0 Å². The molecule has 0 radical (unpaired) electrons. The molecule has 0 saturated heterocycles. The number of carbonyl (C=O) groups is 2. The fourth-order valence-electron chi connectivity index (χ4n) is 1.55. The Morgan fingerprint density at radius 2 is 1.68 bits per heavy atom. The van der Waals surface area contributed by atoms with Crippen LogP contribution in [0.15, 0.2) is 12.1 Å². The zero-order valence-electron chi connectivity index (χ0n) is 11.4. The smallest absolute Gasteiger partial charge is 0.396 e. The number of aryl methyl sites for hydroxylation is 1. The van der Waals surface area contributed by atoms with Gasteiger partial charge in [-0.1, -0.05) is 0 Å². The molecule has 0 spiro atoms. The number of ether oxygens (including phenoxy) is 3. The van der Waals surface area contributed by atoms with E-state index < -0.39 is 11.9 Å². The Bertz CT molecular complexity index is 484. The summed E-state index contributed by atoms with van der Waals surface area (Å²) < 4.78 is 14.7. The van der Waals surface area contributed by atoms with E-state index in [2.05, 4.69) is 10.1 Å². The average Bonchev–Trinajstić information content (AvgIpc) is 2.44. The third kappa shape index (κ3) is 3.61. The lowest BCUT2D eigenvalue weighted by Crippen LogP contribution is -2.31. The Kier molecular flexibility index (Phi) is 5.17. The molecule has 6 nitrogen and oxygen atoms in total. The molecule has 0 aliphatic rings. The van der Waals surface area contributed by atoms with Gasteiger partial charge in [-0.05, 0) is 30.2 Å². The molecule has 1 rings (SSSR count). The molecule has 0 bridgehead atoms. The summed E-state index contributed by atoms with van der Waals surface area (Å²) in [5, 5.41) is 2.47. The van der Waals surface area contributed by atoms with Crippen LogP contribution >= 0.6 is 0 Å². The quantitative estimate of drug-likeness (QED) is 0.645. The summed E-state index contributed by atoms with van der Waals surface area (Å²) in [6, 6.07) is 3.56. The van der Waals surface area contributed by atoms with Crippen LogP contribution in [0.4, 0.5) is 0 Å². The van der Waals surface area contributed by atoms with Crippen molar-refractivity contribution in [1.29, 1.82) is 0 Å². The Labute approximate surface area is 111 Å². The van der Waals surface area contributed by atoms with Gasteiger partial charge in [0, 0.05) is 6.54 Å². The SMILES string of the molecule is COC(=O)C(=O)NCc1cc(OC)c(OC)cc1C. The van der Waals surface area contributed by atoms with E-state index in [-0.39, 0.29) is 6.54 Å². The molecule has 0 fully saturated rings. The summed E-state index contributed by atoms with van der Waals surface area (Å²) in [4.78, 5) is 22.3. The predicted molar refractivity (Wildman–Crippen MR) is 68.1 cm³/mol. The highest BCUT2D eigenvalue weighted by atomic mass is 16.5. The van der Waals surface area contributed by atoms with Gasteiger partial charge in [-0.3, -0.25) is 4.79 Å². The fourth-order valence-corrected chi connectivity index (χ4v) is 1.55. The molecule has 0 aliphatic carbocycles. The maximum absolute atomic E-state index is 11.3.